The Morgan fingerprint density at radius 1 is 1.29 bits per heavy atom. The SMILES string of the molecule is Cc1nn(C2CCC(=O)NC2=O)c(=O)c2ccc(F)cc12. The summed E-state index contributed by atoms with van der Waals surface area (Å²) in [4.78, 5) is 35.5. The Morgan fingerprint density at radius 3 is 2.76 bits per heavy atom. The number of nitrogens with zero attached hydrogens (tertiary/aromatic N) is 2. The fourth-order valence-electron chi connectivity index (χ4n) is 2.51. The smallest absolute Gasteiger partial charge is 0.275 e. The van der Waals surface area contributed by atoms with E-state index in [0.29, 0.717) is 16.5 Å². The minimum Gasteiger partial charge on any atom is -0.295 e. The van der Waals surface area contributed by atoms with Crippen LogP contribution >= 0.6 is 0 Å². The summed E-state index contributed by atoms with van der Waals surface area (Å²) in [7, 11) is 0. The van der Waals surface area contributed by atoms with Gasteiger partial charge >= 0.3 is 0 Å². The molecule has 1 aliphatic rings. The van der Waals surface area contributed by atoms with E-state index >= 15 is 0 Å². The number of amides is 2. The van der Waals surface area contributed by atoms with Gasteiger partial charge in [0.2, 0.25) is 5.91 Å². The summed E-state index contributed by atoms with van der Waals surface area (Å²) in [6, 6.07) is 3.00. The Kier molecular flexibility index (Phi) is 3.04. The number of benzene rings is 1. The van der Waals surface area contributed by atoms with Crippen molar-refractivity contribution < 1.29 is 14.0 Å². The number of fused-ring (bicyclic) bond motifs is 1. The van der Waals surface area contributed by atoms with Crippen LogP contribution in [-0.4, -0.2) is 21.6 Å². The second-order valence-corrected chi connectivity index (χ2v) is 4.99. The number of aromatic nitrogens is 2. The molecule has 6 nitrogen and oxygen atoms in total. The van der Waals surface area contributed by atoms with Crippen LogP contribution in [0, 0.1) is 12.7 Å². The van der Waals surface area contributed by atoms with Crippen LogP contribution in [0.2, 0.25) is 0 Å². The third-order valence-electron chi connectivity index (χ3n) is 3.57. The average molecular weight is 289 g/mol. The molecule has 0 spiro atoms. The van der Waals surface area contributed by atoms with Gasteiger partial charge in [-0.2, -0.15) is 5.10 Å². The number of imide groups is 1. The van der Waals surface area contributed by atoms with Gasteiger partial charge in [-0.1, -0.05) is 0 Å². The zero-order valence-electron chi connectivity index (χ0n) is 11.2. The lowest BCUT2D eigenvalue weighted by molar-refractivity contribution is -0.136. The number of hydrogen-bond acceptors (Lipinski definition) is 4. The molecule has 1 aliphatic heterocycles. The first-order valence-corrected chi connectivity index (χ1v) is 6.50. The summed E-state index contributed by atoms with van der Waals surface area (Å²) in [5, 5.41) is 7.02. The molecule has 1 fully saturated rings. The van der Waals surface area contributed by atoms with Gasteiger partial charge in [-0.05, 0) is 31.5 Å². The van der Waals surface area contributed by atoms with Crippen molar-refractivity contribution in [1.82, 2.24) is 15.1 Å². The van der Waals surface area contributed by atoms with Gasteiger partial charge in [-0.3, -0.25) is 19.7 Å². The molecule has 0 aliphatic carbocycles. The van der Waals surface area contributed by atoms with Crippen molar-refractivity contribution in [2.24, 2.45) is 0 Å². The molecule has 21 heavy (non-hydrogen) atoms. The highest BCUT2D eigenvalue weighted by molar-refractivity contribution is 5.99. The first-order valence-electron chi connectivity index (χ1n) is 6.50. The fraction of sp³-hybridized carbons (Fsp3) is 0.286. The van der Waals surface area contributed by atoms with Crippen molar-refractivity contribution >= 4 is 22.6 Å². The predicted octanol–water partition coefficient (Wildman–Crippen LogP) is 0.822. The second-order valence-electron chi connectivity index (χ2n) is 4.99. The molecule has 0 radical (unpaired) electrons. The van der Waals surface area contributed by atoms with E-state index < -0.39 is 23.3 Å². The lowest BCUT2D eigenvalue weighted by Crippen LogP contribution is -2.45. The van der Waals surface area contributed by atoms with E-state index in [9.17, 15) is 18.8 Å². The van der Waals surface area contributed by atoms with E-state index in [-0.39, 0.29) is 18.7 Å². The second kappa shape index (κ2) is 4.76. The highest BCUT2D eigenvalue weighted by Crippen LogP contribution is 2.19. The molecule has 0 bridgehead atoms. The Bertz CT molecular complexity index is 828. The van der Waals surface area contributed by atoms with E-state index in [2.05, 4.69) is 10.4 Å². The third-order valence-corrected chi connectivity index (χ3v) is 3.57. The van der Waals surface area contributed by atoms with E-state index in [4.69, 9.17) is 0 Å². The molecule has 1 aromatic heterocycles. The summed E-state index contributed by atoms with van der Waals surface area (Å²) in [6.07, 6.45) is 0.384. The zero-order valence-corrected chi connectivity index (χ0v) is 11.2. The molecule has 108 valence electrons. The number of carbonyl (C=O) groups is 2. The van der Waals surface area contributed by atoms with Gasteiger partial charge in [0.05, 0.1) is 11.1 Å². The van der Waals surface area contributed by atoms with Gasteiger partial charge in [-0.15, -0.1) is 0 Å². The normalized spacial score (nSPS) is 18.9. The van der Waals surface area contributed by atoms with Crippen LogP contribution in [0.25, 0.3) is 10.8 Å². The first kappa shape index (κ1) is 13.4. The molecule has 1 atom stereocenters. The Morgan fingerprint density at radius 2 is 2.05 bits per heavy atom. The van der Waals surface area contributed by atoms with Gasteiger partial charge in [0.15, 0.2) is 0 Å². The number of rotatable bonds is 1. The number of halogens is 1. The summed E-state index contributed by atoms with van der Waals surface area (Å²) in [5.41, 5.74) is -0.0149. The van der Waals surface area contributed by atoms with Crippen molar-refractivity contribution in [2.75, 3.05) is 0 Å². The monoisotopic (exact) mass is 289 g/mol. The van der Waals surface area contributed by atoms with Crippen molar-refractivity contribution in [3.63, 3.8) is 0 Å². The van der Waals surface area contributed by atoms with Crippen molar-refractivity contribution in [3.05, 3.63) is 40.1 Å². The summed E-state index contributed by atoms with van der Waals surface area (Å²) in [5.74, 6) is -1.35. The molecule has 7 heteroatoms. The van der Waals surface area contributed by atoms with Crippen LogP contribution in [0.3, 0.4) is 0 Å². The van der Waals surface area contributed by atoms with Crippen molar-refractivity contribution in [1.29, 1.82) is 0 Å². The molecule has 3 rings (SSSR count). The molecule has 1 N–H and O–H groups in total. The first-order chi connectivity index (χ1) is 9.97. The Labute approximate surface area is 118 Å². The van der Waals surface area contributed by atoms with Gasteiger partial charge in [0, 0.05) is 11.8 Å². The van der Waals surface area contributed by atoms with Crippen LogP contribution in [-0.2, 0) is 9.59 Å². The summed E-state index contributed by atoms with van der Waals surface area (Å²) >= 11 is 0. The minimum absolute atomic E-state index is 0.158. The zero-order chi connectivity index (χ0) is 15.1. The lowest BCUT2D eigenvalue weighted by atomic mass is 10.1. The standard InChI is InChI=1S/C14H12FN3O3/c1-7-10-6-8(15)2-3-9(10)14(21)18(17-7)11-4-5-12(19)16-13(11)20/h2-3,6,11H,4-5H2,1H3,(H,16,19,20). The Balaban J connectivity index is 2.18. The fourth-order valence-corrected chi connectivity index (χ4v) is 2.51. The topological polar surface area (TPSA) is 81.1 Å². The van der Waals surface area contributed by atoms with Crippen LogP contribution in [0.5, 0.6) is 0 Å². The highest BCUT2D eigenvalue weighted by Gasteiger charge is 2.30. The third kappa shape index (κ3) is 2.20. The highest BCUT2D eigenvalue weighted by atomic mass is 19.1. The number of carbonyl (C=O) groups excluding carboxylic acids is 2. The van der Waals surface area contributed by atoms with Gasteiger partial charge < -0.3 is 0 Å². The van der Waals surface area contributed by atoms with Crippen molar-refractivity contribution in [3.8, 4) is 0 Å². The van der Waals surface area contributed by atoms with Crippen LogP contribution in [0.4, 0.5) is 4.39 Å². The number of nitrogens with one attached hydrogen (secondary N) is 1. The van der Waals surface area contributed by atoms with Crippen LogP contribution < -0.4 is 10.9 Å². The number of hydrogen-bond donors (Lipinski definition) is 1. The minimum atomic E-state index is -0.816. The lowest BCUT2D eigenvalue weighted by Gasteiger charge is -2.22. The van der Waals surface area contributed by atoms with Gasteiger partial charge in [-0.25, -0.2) is 9.07 Å². The molecule has 2 heterocycles. The van der Waals surface area contributed by atoms with E-state index in [1.54, 1.807) is 6.92 Å². The van der Waals surface area contributed by atoms with Crippen LogP contribution in [0.1, 0.15) is 24.6 Å². The Hall–Kier alpha value is -2.57. The predicted molar refractivity (Wildman–Crippen MR) is 72.1 cm³/mol. The number of piperidine rings is 1. The number of aryl methyl sites for hydroxylation is 1. The maximum Gasteiger partial charge on any atom is 0.275 e. The van der Waals surface area contributed by atoms with Gasteiger partial charge in [0.25, 0.3) is 11.5 Å². The summed E-state index contributed by atoms with van der Waals surface area (Å²) < 4.78 is 14.4. The van der Waals surface area contributed by atoms with Crippen molar-refractivity contribution in [2.45, 2.75) is 25.8 Å². The maximum atomic E-state index is 13.3. The molecule has 1 aromatic carbocycles. The molecular formula is C14H12FN3O3. The maximum absolute atomic E-state index is 13.3. The van der Waals surface area contributed by atoms with E-state index in [1.807, 2.05) is 0 Å². The van der Waals surface area contributed by atoms with Crippen LogP contribution in [0.15, 0.2) is 23.0 Å². The molecule has 0 saturated carbocycles. The largest absolute Gasteiger partial charge is 0.295 e. The summed E-state index contributed by atoms with van der Waals surface area (Å²) in [6.45, 7) is 1.64. The van der Waals surface area contributed by atoms with E-state index in [1.165, 1.54) is 18.2 Å². The van der Waals surface area contributed by atoms with E-state index in [0.717, 1.165) is 4.68 Å². The average Bonchev–Trinajstić information content (AvgIpc) is 2.43. The van der Waals surface area contributed by atoms with Gasteiger partial charge in [0.1, 0.15) is 11.9 Å². The molecule has 1 unspecified atom stereocenters. The molecular weight excluding hydrogens is 277 g/mol. The molecule has 2 aromatic rings. The molecule has 1 saturated heterocycles. The quantitative estimate of drug-likeness (QED) is 0.788. The molecule has 2 amide bonds.